The van der Waals surface area contributed by atoms with Crippen molar-refractivity contribution in [2.45, 2.75) is 12.8 Å². The van der Waals surface area contributed by atoms with E-state index >= 15 is 0 Å². The summed E-state index contributed by atoms with van der Waals surface area (Å²) in [4.78, 5) is 6.13. The molecule has 1 aromatic heterocycles. The Balaban J connectivity index is 1.85. The molecule has 5 heteroatoms. The highest BCUT2D eigenvalue weighted by Crippen LogP contribution is 2.21. The van der Waals surface area contributed by atoms with Gasteiger partial charge in [0.05, 0.1) is 11.6 Å². The molecular formula is C12H16ClFN2O. The quantitative estimate of drug-likeness (QED) is 0.833. The van der Waals surface area contributed by atoms with Crippen molar-refractivity contribution in [1.82, 2.24) is 9.88 Å². The maximum Gasteiger partial charge on any atom is 0.250 e. The molecule has 0 atom stereocenters. The van der Waals surface area contributed by atoms with Crippen LogP contribution in [0.25, 0.3) is 0 Å². The van der Waals surface area contributed by atoms with Crippen molar-refractivity contribution in [2.24, 2.45) is 5.92 Å². The summed E-state index contributed by atoms with van der Waals surface area (Å²) in [5.74, 6) is 0.0434. The van der Waals surface area contributed by atoms with E-state index in [0.717, 1.165) is 25.9 Å². The minimum absolute atomic E-state index is 0.0494. The summed E-state index contributed by atoms with van der Waals surface area (Å²) >= 11 is 5.62. The Morgan fingerprint density at radius 3 is 2.88 bits per heavy atom. The Labute approximate surface area is 106 Å². The van der Waals surface area contributed by atoms with Crippen LogP contribution in [-0.4, -0.2) is 36.6 Å². The molecule has 0 bridgehead atoms. The molecule has 0 amide bonds. The standard InChI is InChI=1S/C12H16ClFN2O/c1-16-4-2-9(3-5-16)8-17-12-11(14)6-10(13)7-15-12/h6-7,9H,2-5,8H2,1H3. The number of rotatable bonds is 3. The molecule has 1 aliphatic rings. The lowest BCUT2D eigenvalue weighted by Gasteiger charge is -2.28. The number of pyridine rings is 1. The van der Waals surface area contributed by atoms with Crippen molar-refractivity contribution in [3.8, 4) is 5.88 Å². The van der Waals surface area contributed by atoms with E-state index in [1.54, 1.807) is 0 Å². The Kier molecular flexibility index (Phi) is 4.18. The first-order chi connectivity index (χ1) is 8.15. The van der Waals surface area contributed by atoms with Crippen LogP contribution in [0.1, 0.15) is 12.8 Å². The topological polar surface area (TPSA) is 25.4 Å². The van der Waals surface area contributed by atoms with Gasteiger partial charge in [0.2, 0.25) is 5.88 Å². The van der Waals surface area contributed by atoms with Gasteiger partial charge in [-0.25, -0.2) is 9.37 Å². The van der Waals surface area contributed by atoms with Gasteiger partial charge >= 0.3 is 0 Å². The third-order valence-corrected chi connectivity index (χ3v) is 3.27. The van der Waals surface area contributed by atoms with Crippen LogP contribution < -0.4 is 4.74 Å². The summed E-state index contributed by atoms with van der Waals surface area (Å²) in [5.41, 5.74) is 0. The fourth-order valence-corrected chi connectivity index (χ4v) is 2.08. The molecule has 0 radical (unpaired) electrons. The number of nitrogens with zero attached hydrogens (tertiary/aromatic N) is 2. The highest BCUT2D eigenvalue weighted by molar-refractivity contribution is 6.30. The summed E-state index contributed by atoms with van der Waals surface area (Å²) in [6, 6.07) is 1.22. The van der Waals surface area contributed by atoms with Crippen molar-refractivity contribution in [1.29, 1.82) is 0 Å². The molecule has 1 fully saturated rings. The largest absolute Gasteiger partial charge is 0.475 e. The Morgan fingerprint density at radius 1 is 1.53 bits per heavy atom. The van der Waals surface area contributed by atoms with Gasteiger partial charge in [-0.1, -0.05) is 11.6 Å². The summed E-state index contributed by atoms with van der Waals surface area (Å²) in [6.07, 6.45) is 3.58. The third-order valence-electron chi connectivity index (χ3n) is 3.07. The van der Waals surface area contributed by atoms with Gasteiger partial charge in [-0.05, 0) is 45.0 Å². The molecule has 17 heavy (non-hydrogen) atoms. The van der Waals surface area contributed by atoms with E-state index < -0.39 is 5.82 Å². The number of hydrogen-bond acceptors (Lipinski definition) is 3. The van der Waals surface area contributed by atoms with Crippen molar-refractivity contribution in [3.63, 3.8) is 0 Å². The molecule has 94 valence electrons. The van der Waals surface area contributed by atoms with Crippen LogP contribution in [-0.2, 0) is 0 Å². The molecule has 2 rings (SSSR count). The van der Waals surface area contributed by atoms with Gasteiger partial charge in [0.15, 0.2) is 5.82 Å². The smallest absolute Gasteiger partial charge is 0.250 e. The molecule has 3 nitrogen and oxygen atoms in total. The second-order valence-corrected chi connectivity index (χ2v) is 4.93. The number of hydrogen-bond donors (Lipinski definition) is 0. The predicted molar refractivity (Wildman–Crippen MR) is 64.9 cm³/mol. The number of likely N-dealkylation sites (tertiary alicyclic amines) is 1. The molecule has 1 aliphatic heterocycles. The molecule has 0 aliphatic carbocycles. The zero-order valence-electron chi connectivity index (χ0n) is 9.83. The van der Waals surface area contributed by atoms with Crippen LogP contribution in [0.2, 0.25) is 5.02 Å². The van der Waals surface area contributed by atoms with E-state index in [4.69, 9.17) is 16.3 Å². The summed E-state index contributed by atoms with van der Waals surface area (Å²) < 4.78 is 18.8. The molecule has 0 spiro atoms. The lowest BCUT2D eigenvalue weighted by molar-refractivity contribution is 0.153. The lowest BCUT2D eigenvalue weighted by atomic mass is 9.98. The zero-order chi connectivity index (χ0) is 12.3. The van der Waals surface area contributed by atoms with E-state index in [9.17, 15) is 4.39 Å². The maximum absolute atomic E-state index is 13.4. The van der Waals surface area contributed by atoms with E-state index in [-0.39, 0.29) is 10.9 Å². The first kappa shape index (κ1) is 12.6. The molecule has 0 aromatic carbocycles. The van der Waals surface area contributed by atoms with Gasteiger partial charge < -0.3 is 9.64 Å². The second kappa shape index (κ2) is 5.65. The van der Waals surface area contributed by atoms with Crippen LogP contribution in [0.3, 0.4) is 0 Å². The van der Waals surface area contributed by atoms with E-state index in [1.165, 1.54) is 12.3 Å². The van der Waals surface area contributed by atoms with Gasteiger partial charge in [-0.2, -0.15) is 0 Å². The van der Waals surface area contributed by atoms with E-state index in [0.29, 0.717) is 12.5 Å². The molecule has 1 saturated heterocycles. The predicted octanol–water partition coefficient (Wildman–Crippen LogP) is 2.59. The Bertz CT molecular complexity index is 381. The van der Waals surface area contributed by atoms with Crippen molar-refractivity contribution in [2.75, 3.05) is 26.7 Å². The second-order valence-electron chi connectivity index (χ2n) is 4.50. The van der Waals surface area contributed by atoms with Gasteiger partial charge in [0.25, 0.3) is 0 Å². The summed E-state index contributed by atoms with van der Waals surface area (Å²) in [5, 5.41) is 0.286. The molecule has 0 saturated carbocycles. The minimum atomic E-state index is -0.495. The van der Waals surface area contributed by atoms with Gasteiger partial charge in [0.1, 0.15) is 0 Å². The van der Waals surface area contributed by atoms with Crippen LogP contribution >= 0.6 is 11.6 Å². The minimum Gasteiger partial charge on any atom is -0.475 e. The fraction of sp³-hybridized carbons (Fsp3) is 0.583. The fourth-order valence-electron chi connectivity index (χ4n) is 1.93. The highest BCUT2D eigenvalue weighted by atomic mass is 35.5. The van der Waals surface area contributed by atoms with Crippen LogP contribution in [0.5, 0.6) is 5.88 Å². The Hall–Kier alpha value is -0.870. The van der Waals surface area contributed by atoms with Crippen molar-refractivity contribution >= 4 is 11.6 Å². The highest BCUT2D eigenvalue weighted by Gasteiger charge is 2.18. The zero-order valence-corrected chi connectivity index (χ0v) is 10.6. The maximum atomic E-state index is 13.4. The first-order valence-corrected chi connectivity index (χ1v) is 6.15. The third kappa shape index (κ3) is 3.54. The SMILES string of the molecule is CN1CCC(COc2ncc(Cl)cc2F)CC1. The van der Waals surface area contributed by atoms with Crippen LogP contribution in [0, 0.1) is 11.7 Å². The van der Waals surface area contributed by atoms with Crippen molar-refractivity contribution < 1.29 is 9.13 Å². The molecule has 2 heterocycles. The van der Waals surface area contributed by atoms with E-state index in [1.807, 2.05) is 0 Å². The number of aromatic nitrogens is 1. The summed E-state index contributed by atoms with van der Waals surface area (Å²) in [6.45, 7) is 2.68. The Morgan fingerprint density at radius 2 is 2.24 bits per heavy atom. The molecule has 0 unspecified atom stereocenters. The molecular weight excluding hydrogens is 243 g/mol. The number of piperidine rings is 1. The number of halogens is 2. The summed E-state index contributed by atoms with van der Waals surface area (Å²) in [7, 11) is 2.11. The van der Waals surface area contributed by atoms with E-state index in [2.05, 4.69) is 16.9 Å². The average molecular weight is 259 g/mol. The van der Waals surface area contributed by atoms with Crippen LogP contribution in [0.15, 0.2) is 12.3 Å². The van der Waals surface area contributed by atoms with Crippen LogP contribution in [0.4, 0.5) is 4.39 Å². The van der Waals surface area contributed by atoms with Gasteiger partial charge in [-0.3, -0.25) is 0 Å². The molecule has 1 aromatic rings. The van der Waals surface area contributed by atoms with Crippen molar-refractivity contribution in [3.05, 3.63) is 23.1 Å². The number of ether oxygens (including phenoxy) is 1. The average Bonchev–Trinajstić information content (AvgIpc) is 2.30. The van der Waals surface area contributed by atoms with Gasteiger partial charge in [-0.15, -0.1) is 0 Å². The lowest BCUT2D eigenvalue weighted by Crippen LogP contribution is -2.32. The van der Waals surface area contributed by atoms with Gasteiger partial charge in [0, 0.05) is 6.20 Å². The molecule has 0 N–H and O–H groups in total. The first-order valence-electron chi connectivity index (χ1n) is 5.77. The normalized spacial score (nSPS) is 18.3. The monoisotopic (exact) mass is 258 g/mol.